The van der Waals surface area contributed by atoms with Crippen LogP contribution in [0.3, 0.4) is 0 Å². The first-order chi connectivity index (χ1) is 15.1. The minimum atomic E-state index is -0.0937. The molecule has 6 nitrogen and oxygen atoms in total. The van der Waals surface area contributed by atoms with Crippen molar-refractivity contribution < 1.29 is 0 Å². The van der Waals surface area contributed by atoms with Gasteiger partial charge >= 0.3 is 5.69 Å². The molecule has 0 saturated carbocycles. The van der Waals surface area contributed by atoms with Gasteiger partial charge in [-0.1, -0.05) is 43.7 Å². The van der Waals surface area contributed by atoms with Gasteiger partial charge in [0.1, 0.15) is 5.82 Å². The van der Waals surface area contributed by atoms with Crippen molar-refractivity contribution in [3.8, 4) is 6.07 Å². The minimum Gasteiger partial charge on any atom is -0.326 e. The lowest BCUT2D eigenvalue weighted by Gasteiger charge is -2.10. The number of hydrogen-bond acceptors (Lipinski definition) is 3. The number of unbranched alkanes of at least 4 members (excludes halogenated alkanes) is 4. The maximum Gasteiger partial charge on any atom is 0.333 e. The molecule has 0 aliphatic heterocycles. The molecule has 6 heteroatoms. The highest BCUT2D eigenvalue weighted by Crippen LogP contribution is 2.21. The summed E-state index contributed by atoms with van der Waals surface area (Å²) < 4.78 is 5.69. The van der Waals surface area contributed by atoms with Gasteiger partial charge in [0.15, 0.2) is 0 Å². The summed E-state index contributed by atoms with van der Waals surface area (Å²) in [7, 11) is 0. The third-order valence-corrected chi connectivity index (χ3v) is 5.67. The fourth-order valence-electron chi connectivity index (χ4n) is 4.19. The lowest BCUT2D eigenvalue weighted by molar-refractivity contribution is 0.558. The van der Waals surface area contributed by atoms with E-state index in [1.165, 1.54) is 0 Å². The van der Waals surface area contributed by atoms with E-state index in [9.17, 15) is 4.79 Å². The van der Waals surface area contributed by atoms with Crippen molar-refractivity contribution in [1.82, 2.24) is 18.7 Å². The van der Waals surface area contributed by atoms with Crippen LogP contribution in [-0.2, 0) is 13.1 Å². The predicted molar refractivity (Wildman–Crippen MR) is 125 cm³/mol. The first-order valence-electron chi connectivity index (χ1n) is 10.8. The van der Waals surface area contributed by atoms with E-state index in [2.05, 4.69) is 23.3 Å². The minimum absolute atomic E-state index is 0.0937. The van der Waals surface area contributed by atoms with Gasteiger partial charge in [-0.25, -0.2) is 9.78 Å². The van der Waals surface area contributed by atoms with Gasteiger partial charge in [0.25, 0.3) is 0 Å². The zero-order valence-electron chi connectivity index (χ0n) is 17.9. The second-order valence-electron chi connectivity index (χ2n) is 7.92. The molecule has 0 saturated heterocycles. The van der Waals surface area contributed by atoms with Crippen LogP contribution in [-0.4, -0.2) is 18.7 Å². The van der Waals surface area contributed by atoms with Gasteiger partial charge in [-0.2, -0.15) is 5.26 Å². The molecule has 158 valence electrons. The summed E-state index contributed by atoms with van der Waals surface area (Å²) in [6.07, 6.45) is 4.71. The Morgan fingerprint density at radius 3 is 2.39 bits per heavy atom. The van der Waals surface area contributed by atoms with E-state index in [-0.39, 0.29) is 5.69 Å². The Bertz CT molecular complexity index is 1330. The fraction of sp³-hybridized carbons (Fsp3) is 0.320. The second-order valence-corrected chi connectivity index (χ2v) is 7.92. The van der Waals surface area contributed by atoms with Gasteiger partial charge in [0, 0.05) is 18.7 Å². The van der Waals surface area contributed by atoms with E-state index in [1.807, 2.05) is 49.4 Å². The fourth-order valence-corrected chi connectivity index (χ4v) is 4.19. The molecule has 31 heavy (non-hydrogen) atoms. The standard InChI is InChI=1S/C25H27N5O/c1-19(2)30-23-15-9-8-14-22(23)29(25(30)31)18-24-27-20-12-6-7-13-21(20)28(24)17-11-5-3-4-10-16-26/h6-9,12-15H,1,3-5,10-11,17-18H2,2H3. The molecule has 0 N–H and O–H groups in total. The number of aromatic nitrogens is 4. The van der Waals surface area contributed by atoms with Crippen molar-refractivity contribution in [2.75, 3.05) is 0 Å². The van der Waals surface area contributed by atoms with Crippen molar-refractivity contribution in [3.05, 3.63) is 71.4 Å². The molecular formula is C25H27N5O. The van der Waals surface area contributed by atoms with Crippen LogP contribution in [0.25, 0.3) is 27.8 Å². The van der Waals surface area contributed by atoms with E-state index in [1.54, 1.807) is 9.13 Å². The molecule has 0 radical (unpaired) electrons. The Kier molecular flexibility index (Phi) is 6.03. The summed E-state index contributed by atoms with van der Waals surface area (Å²) in [5, 5.41) is 8.70. The quantitative estimate of drug-likeness (QED) is 0.356. The highest BCUT2D eigenvalue weighted by Gasteiger charge is 2.17. The maximum atomic E-state index is 13.2. The molecule has 0 atom stereocenters. The van der Waals surface area contributed by atoms with Gasteiger partial charge < -0.3 is 4.57 Å². The zero-order valence-corrected chi connectivity index (χ0v) is 17.9. The third kappa shape index (κ3) is 4.04. The highest BCUT2D eigenvalue weighted by molar-refractivity contribution is 5.80. The summed E-state index contributed by atoms with van der Waals surface area (Å²) in [4.78, 5) is 18.1. The molecule has 2 heterocycles. The van der Waals surface area contributed by atoms with Gasteiger partial charge in [-0.3, -0.25) is 9.13 Å². The number of para-hydroxylation sites is 4. The number of nitriles is 1. The smallest absolute Gasteiger partial charge is 0.326 e. The normalized spacial score (nSPS) is 11.2. The van der Waals surface area contributed by atoms with Gasteiger partial charge in [-0.05, 0) is 44.0 Å². The number of aryl methyl sites for hydroxylation is 1. The van der Waals surface area contributed by atoms with E-state index >= 15 is 0 Å². The monoisotopic (exact) mass is 413 g/mol. The molecular weight excluding hydrogens is 386 g/mol. The van der Waals surface area contributed by atoms with Crippen LogP contribution < -0.4 is 5.69 Å². The maximum absolute atomic E-state index is 13.2. The van der Waals surface area contributed by atoms with E-state index in [0.29, 0.717) is 18.7 Å². The van der Waals surface area contributed by atoms with Gasteiger partial charge in [-0.15, -0.1) is 0 Å². The Labute approximate surface area is 181 Å². The Balaban J connectivity index is 1.69. The number of allylic oxidation sites excluding steroid dienone is 1. The van der Waals surface area contributed by atoms with Crippen molar-refractivity contribution in [3.63, 3.8) is 0 Å². The zero-order chi connectivity index (χ0) is 21.8. The topological polar surface area (TPSA) is 68.5 Å². The van der Waals surface area contributed by atoms with Crippen LogP contribution in [0.1, 0.15) is 44.9 Å². The van der Waals surface area contributed by atoms with Crippen LogP contribution >= 0.6 is 0 Å². The molecule has 2 aromatic heterocycles. The molecule has 0 fully saturated rings. The first kappa shape index (κ1) is 20.7. The lowest BCUT2D eigenvalue weighted by Crippen LogP contribution is -2.25. The summed E-state index contributed by atoms with van der Waals surface area (Å²) in [6.45, 7) is 7.08. The van der Waals surface area contributed by atoms with Gasteiger partial charge in [0.2, 0.25) is 0 Å². The van der Waals surface area contributed by atoms with Crippen LogP contribution in [0.4, 0.5) is 0 Å². The highest BCUT2D eigenvalue weighted by atomic mass is 16.1. The second kappa shape index (κ2) is 9.05. The Hall–Kier alpha value is -3.59. The average Bonchev–Trinajstić information content (AvgIpc) is 3.25. The molecule has 0 aliphatic carbocycles. The molecule has 0 bridgehead atoms. The Morgan fingerprint density at radius 2 is 1.65 bits per heavy atom. The predicted octanol–water partition coefficient (Wildman–Crippen LogP) is 5.17. The molecule has 0 amide bonds. The van der Waals surface area contributed by atoms with Crippen LogP contribution in [0.15, 0.2) is 59.9 Å². The summed E-state index contributed by atoms with van der Waals surface area (Å²) in [5.74, 6) is 0.880. The number of benzene rings is 2. The summed E-state index contributed by atoms with van der Waals surface area (Å²) >= 11 is 0. The van der Waals surface area contributed by atoms with Crippen molar-refractivity contribution in [2.24, 2.45) is 0 Å². The molecule has 0 spiro atoms. The number of hydrogen-bond donors (Lipinski definition) is 0. The number of fused-ring (bicyclic) bond motifs is 2. The number of imidazole rings is 2. The Morgan fingerprint density at radius 1 is 0.968 bits per heavy atom. The average molecular weight is 414 g/mol. The lowest BCUT2D eigenvalue weighted by atomic mass is 10.1. The molecule has 0 aliphatic rings. The van der Waals surface area contributed by atoms with Crippen LogP contribution in [0, 0.1) is 11.3 Å². The SMILES string of the molecule is C=C(C)n1c(=O)n(Cc2nc3ccccc3n2CCCCCCC#N)c2ccccc21. The molecule has 0 unspecified atom stereocenters. The van der Waals surface area contributed by atoms with Crippen LogP contribution in [0.2, 0.25) is 0 Å². The van der Waals surface area contributed by atoms with E-state index in [4.69, 9.17) is 10.2 Å². The number of nitrogens with zero attached hydrogens (tertiary/aromatic N) is 5. The van der Waals surface area contributed by atoms with Crippen molar-refractivity contribution in [1.29, 1.82) is 5.26 Å². The summed E-state index contributed by atoms with van der Waals surface area (Å²) in [5.41, 5.74) is 4.38. The van der Waals surface area contributed by atoms with Crippen molar-refractivity contribution in [2.45, 2.75) is 52.1 Å². The molecule has 4 rings (SSSR count). The van der Waals surface area contributed by atoms with E-state index < -0.39 is 0 Å². The largest absolute Gasteiger partial charge is 0.333 e. The van der Waals surface area contributed by atoms with Crippen molar-refractivity contribution >= 4 is 27.8 Å². The van der Waals surface area contributed by atoms with Crippen LogP contribution in [0.5, 0.6) is 0 Å². The third-order valence-electron chi connectivity index (χ3n) is 5.67. The first-order valence-corrected chi connectivity index (χ1v) is 10.8. The molecule has 2 aromatic carbocycles. The van der Waals surface area contributed by atoms with Gasteiger partial charge in [0.05, 0.1) is 34.7 Å². The summed E-state index contributed by atoms with van der Waals surface area (Å²) in [6, 6.07) is 18.1. The molecule has 4 aromatic rings. The number of rotatable bonds is 9. The van der Waals surface area contributed by atoms with E-state index in [0.717, 1.165) is 60.1 Å².